The van der Waals surface area contributed by atoms with E-state index in [9.17, 15) is 12.8 Å². The molecule has 4 nitrogen and oxygen atoms in total. The van der Waals surface area contributed by atoms with Gasteiger partial charge in [0, 0.05) is 0 Å². The summed E-state index contributed by atoms with van der Waals surface area (Å²) in [5.41, 5.74) is 0.760. The highest BCUT2D eigenvalue weighted by atomic mass is 32.2. The molecular formula is C13H21FN2O2S. The first kappa shape index (κ1) is 15.9. The molecule has 6 heteroatoms. The van der Waals surface area contributed by atoms with E-state index in [4.69, 9.17) is 0 Å². The first-order chi connectivity index (χ1) is 8.94. The average molecular weight is 288 g/mol. The summed E-state index contributed by atoms with van der Waals surface area (Å²) in [5.74, 6) is -0.385. The van der Waals surface area contributed by atoms with Gasteiger partial charge in [-0.25, -0.2) is 12.8 Å². The monoisotopic (exact) mass is 288 g/mol. The summed E-state index contributed by atoms with van der Waals surface area (Å²) in [6, 6.07) is 4.31. The number of benzene rings is 1. The molecule has 0 heterocycles. The molecule has 1 rings (SSSR count). The van der Waals surface area contributed by atoms with Crippen LogP contribution in [-0.4, -0.2) is 27.3 Å². The first-order valence-corrected chi connectivity index (χ1v) is 8.07. The van der Waals surface area contributed by atoms with Crippen molar-refractivity contribution in [3.63, 3.8) is 0 Å². The number of halogens is 1. The van der Waals surface area contributed by atoms with Crippen LogP contribution in [0, 0.1) is 12.7 Å². The zero-order chi connectivity index (χ0) is 14.3. The SMILES string of the molecule is CCCNCCCS(=O)(=O)Nc1ccc(C)c(F)c1. The fourth-order valence-corrected chi connectivity index (χ4v) is 2.69. The third-order valence-corrected chi connectivity index (χ3v) is 4.01. The van der Waals surface area contributed by atoms with E-state index in [1.807, 2.05) is 0 Å². The summed E-state index contributed by atoms with van der Waals surface area (Å²) in [6.45, 7) is 5.23. The van der Waals surface area contributed by atoms with E-state index < -0.39 is 15.8 Å². The summed E-state index contributed by atoms with van der Waals surface area (Å²) in [4.78, 5) is 0. The van der Waals surface area contributed by atoms with Crippen molar-refractivity contribution in [2.75, 3.05) is 23.6 Å². The molecule has 0 aliphatic heterocycles. The average Bonchev–Trinajstić information content (AvgIpc) is 2.33. The van der Waals surface area contributed by atoms with Gasteiger partial charge in [-0.3, -0.25) is 4.72 Å². The number of hydrogen-bond acceptors (Lipinski definition) is 3. The van der Waals surface area contributed by atoms with E-state index >= 15 is 0 Å². The Hall–Kier alpha value is -1.14. The van der Waals surface area contributed by atoms with Crippen LogP contribution >= 0.6 is 0 Å². The molecule has 0 atom stereocenters. The first-order valence-electron chi connectivity index (χ1n) is 6.42. The Morgan fingerprint density at radius 2 is 2.00 bits per heavy atom. The Labute approximate surface area is 114 Å². The van der Waals surface area contributed by atoms with Gasteiger partial charge in [0.25, 0.3) is 0 Å². The van der Waals surface area contributed by atoms with E-state index in [0.717, 1.165) is 13.0 Å². The minimum absolute atomic E-state index is 0.0270. The van der Waals surface area contributed by atoms with Gasteiger partial charge in [-0.05, 0) is 50.6 Å². The van der Waals surface area contributed by atoms with E-state index in [1.165, 1.54) is 6.07 Å². The van der Waals surface area contributed by atoms with Gasteiger partial charge in [0.2, 0.25) is 10.0 Å². The fourth-order valence-electron chi connectivity index (χ4n) is 1.58. The zero-order valence-corrected chi connectivity index (χ0v) is 12.2. The lowest BCUT2D eigenvalue weighted by molar-refractivity contribution is 0.593. The Morgan fingerprint density at radius 1 is 1.26 bits per heavy atom. The van der Waals surface area contributed by atoms with E-state index in [2.05, 4.69) is 17.0 Å². The third kappa shape index (κ3) is 6.02. The fraction of sp³-hybridized carbons (Fsp3) is 0.538. The minimum Gasteiger partial charge on any atom is -0.317 e. The van der Waals surface area contributed by atoms with Gasteiger partial charge in [-0.15, -0.1) is 0 Å². The van der Waals surface area contributed by atoms with Crippen molar-refractivity contribution in [3.05, 3.63) is 29.6 Å². The van der Waals surface area contributed by atoms with Gasteiger partial charge >= 0.3 is 0 Å². The van der Waals surface area contributed by atoms with Gasteiger partial charge < -0.3 is 5.32 Å². The van der Waals surface area contributed by atoms with Crippen LogP contribution in [0.1, 0.15) is 25.3 Å². The number of rotatable bonds is 8. The molecule has 2 N–H and O–H groups in total. The van der Waals surface area contributed by atoms with E-state index in [0.29, 0.717) is 18.5 Å². The highest BCUT2D eigenvalue weighted by Crippen LogP contribution is 2.15. The Bertz CT molecular complexity index is 503. The second kappa shape index (κ2) is 7.45. The molecule has 0 radical (unpaired) electrons. The predicted octanol–water partition coefficient (Wildman–Crippen LogP) is 2.27. The summed E-state index contributed by atoms with van der Waals surface area (Å²) < 4.78 is 39.2. The molecule has 1 aromatic rings. The molecule has 108 valence electrons. The summed E-state index contributed by atoms with van der Waals surface area (Å²) in [6.07, 6.45) is 1.55. The van der Waals surface area contributed by atoms with Crippen LogP contribution in [0.4, 0.5) is 10.1 Å². The lowest BCUT2D eigenvalue weighted by Crippen LogP contribution is -2.22. The maximum absolute atomic E-state index is 13.3. The van der Waals surface area contributed by atoms with Crippen LogP contribution in [-0.2, 0) is 10.0 Å². The smallest absolute Gasteiger partial charge is 0.232 e. The lowest BCUT2D eigenvalue weighted by atomic mass is 10.2. The summed E-state index contributed by atoms with van der Waals surface area (Å²) >= 11 is 0. The number of aryl methyl sites for hydroxylation is 1. The molecule has 0 saturated heterocycles. The van der Waals surface area contributed by atoms with Crippen molar-refractivity contribution in [2.45, 2.75) is 26.7 Å². The maximum Gasteiger partial charge on any atom is 0.232 e. The Morgan fingerprint density at radius 3 is 2.63 bits per heavy atom. The van der Waals surface area contributed by atoms with Crippen molar-refractivity contribution >= 4 is 15.7 Å². The van der Waals surface area contributed by atoms with Gasteiger partial charge in [0.05, 0.1) is 11.4 Å². The van der Waals surface area contributed by atoms with Crippen LogP contribution in [0.15, 0.2) is 18.2 Å². The summed E-state index contributed by atoms with van der Waals surface area (Å²) in [7, 11) is -3.41. The number of sulfonamides is 1. The van der Waals surface area contributed by atoms with E-state index in [1.54, 1.807) is 19.1 Å². The topological polar surface area (TPSA) is 58.2 Å². The molecule has 0 aliphatic carbocycles. The molecule has 0 aliphatic rings. The standard InChI is InChI=1S/C13H21FN2O2S/c1-3-7-15-8-4-9-19(17,18)16-12-6-5-11(2)13(14)10-12/h5-6,10,15-16H,3-4,7-9H2,1-2H3. The van der Waals surface area contributed by atoms with Crippen LogP contribution in [0.5, 0.6) is 0 Å². The van der Waals surface area contributed by atoms with Gasteiger partial charge in [-0.2, -0.15) is 0 Å². The molecule has 0 fully saturated rings. The van der Waals surface area contributed by atoms with Gasteiger partial charge in [0.15, 0.2) is 0 Å². The highest BCUT2D eigenvalue weighted by molar-refractivity contribution is 7.92. The predicted molar refractivity (Wildman–Crippen MR) is 76.3 cm³/mol. The van der Waals surface area contributed by atoms with Crippen LogP contribution < -0.4 is 10.0 Å². The third-order valence-electron chi connectivity index (χ3n) is 2.64. The Balaban J connectivity index is 2.47. The molecule has 0 unspecified atom stereocenters. The largest absolute Gasteiger partial charge is 0.317 e. The van der Waals surface area contributed by atoms with Crippen molar-refractivity contribution in [1.29, 1.82) is 0 Å². The number of nitrogens with one attached hydrogen (secondary N) is 2. The van der Waals surface area contributed by atoms with Crippen LogP contribution in [0.3, 0.4) is 0 Å². The van der Waals surface area contributed by atoms with Crippen molar-refractivity contribution < 1.29 is 12.8 Å². The van der Waals surface area contributed by atoms with E-state index in [-0.39, 0.29) is 11.4 Å². The maximum atomic E-state index is 13.3. The second-order valence-corrected chi connectivity index (χ2v) is 6.33. The normalized spacial score (nSPS) is 11.5. The van der Waals surface area contributed by atoms with Crippen LogP contribution in [0.25, 0.3) is 0 Å². The molecule has 1 aromatic carbocycles. The minimum atomic E-state index is -3.41. The van der Waals surface area contributed by atoms with Crippen molar-refractivity contribution in [1.82, 2.24) is 5.32 Å². The zero-order valence-electron chi connectivity index (χ0n) is 11.4. The second-order valence-electron chi connectivity index (χ2n) is 4.49. The van der Waals surface area contributed by atoms with Gasteiger partial charge in [-0.1, -0.05) is 13.0 Å². The molecule has 0 bridgehead atoms. The molecule has 0 aromatic heterocycles. The molecule has 0 amide bonds. The highest BCUT2D eigenvalue weighted by Gasteiger charge is 2.10. The molecular weight excluding hydrogens is 267 g/mol. The molecule has 0 spiro atoms. The number of hydrogen-bond donors (Lipinski definition) is 2. The number of anilines is 1. The van der Waals surface area contributed by atoms with Crippen molar-refractivity contribution in [2.24, 2.45) is 0 Å². The Kier molecular flexibility index (Phi) is 6.24. The van der Waals surface area contributed by atoms with Crippen LogP contribution in [0.2, 0.25) is 0 Å². The molecule has 19 heavy (non-hydrogen) atoms. The lowest BCUT2D eigenvalue weighted by Gasteiger charge is -2.09. The van der Waals surface area contributed by atoms with Crippen molar-refractivity contribution in [3.8, 4) is 0 Å². The summed E-state index contributed by atoms with van der Waals surface area (Å²) in [5, 5.41) is 3.14. The quantitative estimate of drug-likeness (QED) is 0.721. The van der Waals surface area contributed by atoms with Gasteiger partial charge in [0.1, 0.15) is 5.82 Å². The molecule has 0 saturated carbocycles.